The summed E-state index contributed by atoms with van der Waals surface area (Å²) in [6.45, 7) is 0.844. The molecule has 0 bridgehead atoms. The van der Waals surface area contributed by atoms with Crippen molar-refractivity contribution in [1.29, 1.82) is 0 Å². The number of aromatic amines is 1. The second kappa shape index (κ2) is 4.31. The van der Waals surface area contributed by atoms with E-state index in [-0.39, 0.29) is 0 Å². The lowest BCUT2D eigenvalue weighted by Crippen LogP contribution is -2.16. The third kappa shape index (κ3) is 2.36. The molecule has 1 aliphatic rings. The molecule has 84 valence electrons. The summed E-state index contributed by atoms with van der Waals surface area (Å²) in [5.41, 5.74) is 1.10. The summed E-state index contributed by atoms with van der Waals surface area (Å²) < 4.78 is 1.12. The summed E-state index contributed by atoms with van der Waals surface area (Å²) in [7, 11) is 0. The molecule has 0 aromatic carbocycles. The van der Waals surface area contributed by atoms with E-state index in [2.05, 4.69) is 42.7 Å². The highest BCUT2D eigenvalue weighted by molar-refractivity contribution is 9.10. The predicted molar refractivity (Wildman–Crippen MR) is 69.5 cm³/mol. The highest BCUT2D eigenvalue weighted by Crippen LogP contribution is 2.28. The monoisotopic (exact) mass is 297 g/mol. The van der Waals surface area contributed by atoms with Crippen molar-refractivity contribution in [2.24, 2.45) is 0 Å². The number of rotatable bonds is 4. The van der Waals surface area contributed by atoms with Crippen LogP contribution in [0.15, 0.2) is 22.1 Å². The largest absolute Gasteiger partial charge is 0.340 e. The van der Waals surface area contributed by atoms with Crippen LogP contribution < -0.4 is 5.32 Å². The summed E-state index contributed by atoms with van der Waals surface area (Å²) in [4.78, 5) is 8.94. The third-order valence-corrected chi connectivity index (χ3v) is 4.32. The molecule has 0 spiro atoms. The zero-order valence-electron chi connectivity index (χ0n) is 8.66. The minimum absolute atomic E-state index is 0.726. The number of nitrogens with zero attached hydrogens (tertiary/aromatic N) is 1. The maximum atomic E-state index is 4.37. The van der Waals surface area contributed by atoms with Crippen molar-refractivity contribution in [2.45, 2.75) is 25.4 Å². The van der Waals surface area contributed by atoms with Gasteiger partial charge in [-0.25, -0.2) is 4.98 Å². The maximum absolute atomic E-state index is 4.37. The average molecular weight is 298 g/mol. The molecular weight excluding hydrogens is 286 g/mol. The van der Waals surface area contributed by atoms with E-state index in [0.29, 0.717) is 0 Å². The Bertz CT molecular complexity index is 487. The van der Waals surface area contributed by atoms with Gasteiger partial charge >= 0.3 is 0 Å². The zero-order chi connectivity index (χ0) is 11.0. The van der Waals surface area contributed by atoms with Gasteiger partial charge in [0.05, 0.1) is 23.3 Å². The van der Waals surface area contributed by atoms with E-state index in [0.717, 1.165) is 28.6 Å². The molecule has 0 atom stereocenters. The topological polar surface area (TPSA) is 40.7 Å². The van der Waals surface area contributed by atoms with Crippen LogP contribution in [0.5, 0.6) is 0 Å². The molecule has 16 heavy (non-hydrogen) atoms. The van der Waals surface area contributed by atoms with Gasteiger partial charge in [-0.15, -0.1) is 11.3 Å². The fourth-order valence-corrected chi connectivity index (χ4v) is 2.95. The molecule has 3 rings (SSSR count). The summed E-state index contributed by atoms with van der Waals surface area (Å²) in [6.07, 6.45) is 4.53. The molecule has 2 aromatic heterocycles. The summed E-state index contributed by atoms with van der Waals surface area (Å²) in [6, 6.07) is 2.83. The van der Waals surface area contributed by atoms with Gasteiger partial charge in [-0.1, -0.05) is 0 Å². The SMILES string of the molecule is Brc1csc(-c2cnc(CNC3CC3)[nH]2)c1. The first kappa shape index (κ1) is 10.5. The summed E-state index contributed by atoms with van der Waals surface area (Å²) in [5.74, 6) is 1.02. The minimum Gasteiger partial charge on any atom is -0.340 e. The first-order chi connectivity index (χ1) is 7.81. The quantitative estimate of drug-likeness (QED) is 0.910. The Balaban J connectivity index is 1.71. The molecule has 1 saturated carbocycles. The molecule has 5 heteroatoms. The van der Waals surface area contributed by atoms with E-state index in [1.807, 2.05) is 6.20 Å². The average Bonchev–Trinajstić information content (AvgIpc) is 2.81. The van der Waals surface area contributed by atoms with Gasteiger partial charge in [0.25, 0.3) is 0 Å². The van der Waals surface area contributed by atoms with Crippen molar-refractivity contribution in [3.63, 3.8) is 0 Å². The highest BCUT2D eigenvalue weighted by Gasteiger charge is 2.20. The van der Waals surface area contributed by atoms with Gasteiger partial charge in [0.2, 0.25) is 0 Å². The molecular formula is C11H12BrN3S. The number of imidazole rings is 1. The molecule has 0 aliphatic heterocycles. The Morgan fingerprint density at radius 3 is 3.12 bits per heavy atom. The van der Waals surface area contributed by atoms with Crippen LogP contribution in [0.2, 0.25) is 0 Å². The number of hydrogen-bond donors (Lipinski definition) is 2. The Hall–Kier alpha value is -0.650. The lowest BCUT2D eigenvalue weighted by Gasteiger charge is -1.97. The lowest BCUT2D eigenvalue weighted by atomic mass is 10.4. The van der Waals surface area contributed by atoms with Crippen LogP contribution in [0, 0.1) is 0 Å². The first-order valence-electron chi connectivity index (χ1n) is 5.33. The van der Waals surface area contributed by atoms with Gasteiger partial charge in [0.1, 0.15) is 5.82 Å². The van der Waals surface area contributed by atoms with Gasteiger partial charge in [0.15, 0.2) is 0 Å². The van der Waals surface area contributed by atoms with Gasteiger partial charge in [-0.2, -0.15) is 0 Å². The summed E-state index contributed by atoms with van der Waals surface area (Å²) in [5, 5.41) is 5.52. The first-order valence-corrected chi connectivity index (χ1v) is 7.00. The Kier molecular flexibility index (Phi) is 2.83. The van der Waals surface area contributed by atoms with E-state index >= 15 is 0 Å². The van der Waals surface area contributed by atoms with Crippen LogP contribution in [-0.4, -0.2) is 16.0 Å². The predicted octanol–water partition coefficient (Wildman–Crippen LogP) is 3.15. The van der Waals surface area contributed by atoms with E-state index < -0.39 is 0 Å². The number of aromatic nitrogens is 2. The molecule has 0 radical (unpaired) electrons. The number of thiophene rings is 1. The molecule has 2 N–H and O–H groups in total. The minimum atomic E-state index is 0.726. The van der Waals surface area contributed by atoms with E-state index in [9.17, 15) is 0 Å². The van der Waals surface area contributed by atoms with E-state index in [1.54, 1.807) is 11.3 Å². The van der Waals surface area contributed by atoms with Crippen molar-refractivity contribution in [3.8, 4) is 10.6 Å². The number of hydrogen-bond acceptors (Lipinski definition) is 3. The van der Waals surface area contributed by atoms with Gasteiger partial charge < -0.3 is 10.3 Å². The van der Waals surface area contributed by atoms with E-state index in [1.165, 1.54) is 17.7 Å². The Morgan fingerprint density at radius 1 is 1.56 bits per heavy atom. The second-order valence-electron chi connectivity index (χ2n) is 4.03. The number of halogens is 1. The van der Waals surface area contributed by atoms with Crippen LogP contribution in [0.4, 0.5) is 0 Å². The Morgan fingerprint density at radius 2 is 2.44 bits per heavy atom. The van der Waals surface area contributed by atoms with Crippen LogP contribution in [-0.2, 0) is 6.54 Å². The van der Waals surface area contributed by atoms with Crippen molar-refractivity contribution >= 4 is 27.3 Å². The van der Waals surface area contributed by atoms with Crippen molar-refractivity contribution < 1.29 is 0 Å². The second-order valence-corrected chi connectivity index (χ2v) is 5.85. The summed E-state index contributed by atoms with van der Waals surface area (Å²) >= 11 is 5.17. The lowest BCUT2D eigenvalue weighted by molar-refractivity contribution is 0.664. The standard InChI is InChI=1S/C11H12BrN3S/c12-7-3-10(16-6-7)9-4-14-11(15-9)5-13-8-1-2-8/h3-4,6,8,13H,1-2,5H2,(H,14,15). The van der Waals surface area contributed by atoms with Gasteiger partial charge in [-0.05, 0) is 34.8 Å². The van der Waals surface area contributed by atoms with Crippen molar-refractivity contribution in [3.05, 3.63) is 27.9 Å². The number of H-pyrrole nitrogens is 1. The Labute approximate surface area is 106 Å². The van der Waals surface area contributed by atoms with Gasteiger partial charge in [-0.3, -0.25) is 0 Å². The molecule has 0 amide bonds. The molecule has 0 saturated heterocycles. The van der Waals surface area contributed by atoms with E-state index in [4.69, 9.17) is 0 Å². The molecule has 0 unspecified atom stereocenters. The maximum Gasteiger partial charge on any atom is 0.120 e. The van der Waals surface area contributed by atoms with Crippen LogP contribution in [0.25, 0.3) is 10.6 Å². The molecule has 1 fully saturated rings. The smallest absolute Gasteiger partial charge is 0.120 e. The fraction of sp³-hybridized carbons (Fsp3) is 0.364. The number of nitrogens with one attached hydrogen (secondary N) is 2. The molecule has 2 aromatic rings. The molecule has 2 heterocycles. The fourth-order valence-electron chi connectivity index (χ4n) is 1.56. The normalized spacial score (nSPS) is 15.6. The highest BCUT2D eigenvalue weighted by atomic mass is 79.9. The third-order valence-electron chi connectivity index (χ3n) is 2.60. The zero-order valence-corrected chi connectivity index (χ0v) is 11.1. The van der Waals surface area contributed by atoms with Crippen LogP contribution in [0.1, 0.15) is 18.7 Å². The van der Waals surface area contributed by atoms with Crippen molar-refractivity contribution in [1.82, 2.24) is 15.3 Å². The van der Waals surface area contributed by atoms with Crippen LogP contribution >= 0.6 is 27.3 Å². The molecule has 3 nitrogen and oxygen atoms in total. The van der Waals surface area contributed by atoms with Crippen LogP contribution in [0.3, 0.4) is 0 Å². The van der Waals surface area contributed by atoms with Gasteiger partial charge in [0, 0.05) is 15.9 Å². The van der Waals surface area contributed by atoms with Crippen molar-refractivity contribution in [2.75, 3.05) is 0 Å². The molecule has 1 aliphatic carbocycles.